The van der Waals surface area contributed by atoms with Crippen LogP contribution in [0, 0.1) is 0 Å². The van der Waals surface area contributed by atoms with Crippen molar-refractivity contribution in [1.29, 1.82) is 0 Å². The van der Waals surface area contributed by atoms with Gasteiger partial charge < -0.3 is 5.48 Å². The van der Waals surface area contributed by atoms with E-state index >= 15 is 0 Å². The van der Waals surface area contributed by atoms with Crippen LogP contribution in [0.5, 0.6) is 0 Å². The van der Waals surface area contributed by atoms with E-state index in [1.54, 1.807) is 0 Å². The van der Waals surface area contributed by atoms with E-state index in [1.165, 1.54) is 0 Å². The monoisotopic (exact) mass is 210 g/mol. The van der Waals surface area contributed by atoms with Gasteiger partial charge in [0, 0.05) is 6.07 Å². The Morgan fingerprint density at radius 2 is 2.07 bits per heavy atom. The number of nitrogens with zero attached hydrogens (tertiary/aromatic N) is 1. The summed E-state index contributed by atoms with van der Waals surface area (Å²) in [5.74, 6) is 0. The molecule has 0 unspecified atom stereocenters. The number of hydrogen-bond acceptors (Lipinski definition) is 3. The highest BCUT2D eigenvalue weighted by Gasteiger charge is 2.17. The molecule has 0 atom stereocenters. The summed E-state index contributed by atoms with van der Waals surface area (Å²) >= 11 is 0. The summed E-state index contributed by atoms with van der Waals surface area (Å²) in [5, 5.41) is 2.75. The maximum atomic E-state index is 10.9. The molecule has 0 aromatic heterocycles. The molecule has 1 heterocycles. The fourth-order valence-electron chi connectivity index (χ4n) is 1.43. The number of benzene rings is 1. The average molecular weight is 210 g/mol. The first-order chi connectivity index (χ1) is 6.31. The summed E-state index contributed by atoms with van der Waals surface area (Å²) in [6.45, 7) is 0. The quantitative estimate of drug-likeness (QED) is 0.429. The summed E-state index contributed by atoms with van der Waals surface area (Å²) < 4.78 is 10.9. The van der Waals surface area contributed by atoms with E-state index in [4.69, 9.17) is 0 Å². The molecule has 2 rings (SSSR count). The third kappa shape index (κ3) is 1.82. The topological polar surface area (TPSA) is 66.9 Å². The zero-order chi connectivity index (χ0) is 9.26. The minimum Gasteiger partial charge on any atom is -0.870 e. The molecule has 0 amide bonds. The second kappa shape index (κ2) is 4.33. The van der Waals surface area contributed by atoms with Crippen LogP contribution in [0.4, 0.5) is 5.69 Å². The molecule has 14 heavy (non-hydrogen) atoms. The fraction of sp³-hybridized carbons (Fsp3) is 0.111. The molecule has 5 heteroatoms. The second-order valence-electron chi connectivity index (χ2n) is 2.99. The number of rotatable bonds is 1. The lowest BCUT2D eigenvalue weighted by molar-refractivity contribution is -0.719. The van der Waals surface area contributed by atoms with E-state index in [0.29, 0.717) is 0 Å². The number of quaternary nitrogens is 1. The average Bonchev–Trinajstić information content (AvgIpc) is 2.16. The van der Waals surface area contributed by atoms with Crippen molar-refractivity contribution in [3.05, 3.63) is 36.0 Å². The molecule has 1 aromatic carbocycles. The second-order valence-corrected chi connectivity index (χ2v) is 3.65. The van der Waals surface area contributed by atoms with Gasteiger partial charge in [-0.15, -0.1) is 0 Å². The molecular weight excluding hydrogens is 199 g/mol. The summed E-state index contributed by atoms with van der Waals surface area (Å²) in [6, 6.07) is 7.93. The fourth-order valence-corrected chi connectivity index (χ4v) is 1.97. The van der Waals surface area contributed by atoms with Crippen LogP contribution in [0.3, 0.4) is 0 Å². The van der Waals surface area contributed by atoms with Crippen LogP contribution in [-0.2, 0) is 4.57 Å². The molecule has 0 saturated heterocycles. The SMILES string of the molecule is CN1C=C(P=O)c2ccccc2[NH2+]1.[OH-]. The number of hydrogen-bond donors (Lipinski definition) is 1. The summed E-state index contributed by atoms with van der Waals surface area (Å²) in [4.78, 5) is 0. The van der Waals surface area contributed by atoms with Gasteiger partial charge in [0.1, 0.15) is 0 Å². The van der Waals surface area contributed by atoms with Crippen LogP contribution in [0.25, 0.3) is 5.31 Å². The van der Waals surface area contributed by atoms with Gasteiger partial charge in [-0.2, -0.15) is 0 Å². The van der Waals surface area contributed by atoms with Crippen molar-refractivity contribution in [2.45, 2.75) is 0 Å². The van der Waals surface area contributed by atoms with Gasteiger partial charge in [-0.3, -0.25) is 4.57 Å². The molecule has 1 aromatic rings. The van der Waals surface area contributed by atoms with Gasteiger partial charge in [-0.25, -0.2) is 10.4 Å². The minimum atomic E-state index is 0. The lowest BCUT2D eigenvalue weighted by atomic mass is 10.1. The van der Waals surface area contributed by atoms with Crippen molar-refractivity contribution in [1.82, 2.24) is 5.01 Å². The molecule has 1 aliphatic heterocycles. The van der Waals surface area contributed by atoms with Gasteiger partial charge in [0.25, 0.3) is 0 Å². The van der Waals surface area contributed by atoms with Crippen LogP contribution in [0.1, 0.15) is 5.56 Å². The maximum absolute atomic E-state index is 10.9. The first-order valence-corrected chi connectivity index (χ1v) is 4.84. The first kappa shape index (κ1) is 10.9. The predicted octanol–water partition coefficient (Wildman–Crippen LogP) is 1.16. The Morgan fingerprint density at radius 1 is 1.36 bits per heavy atom. The normalized spacial score (nSPS) is 14.4. The highest BCUT2D eigenvalue weighted by Crippen LogP contribution is 2.30. The Bertz CT molecular complexity index is 379. The van der Waals surface area contributed by atoms with E-state index < -0.39 is 0 Å². The minimum absolute atomic E-state index is 0. The molecule has 74 valence electrons. The van der Waals surface area contributed by atoms with Gasteiger partial charge >= 0.3 is 0 Å². The molecule has 0 fully saturated rings. The van der Waals surface area contributed by atoms with Gasteiger partial charge in [0.2, 0.25) is 0 Å². The van der Waals surface area contributed by atoms with Crippen molar-refractivity contribution in [2.24, 2.45) is 0 Å². The molecule has 0 radical (unpaired) electrons. The zero-order valence-electron chi connectivity index (χ0n) is 7.71. The largest absolute Gasteiger partial charge is 0.870 e. The summed E-state index contributed by atoms with van der Waals surface area (Å²) in [6.07, 6.45) is 1.87. The van der Waals surface area contributed by atoms with E-state index in [1.807, 2.05) is 47.9 Å². The van der Waals surface area contributed by atoms with E-state index in [2.05, 4.69) is 0 Å². The Morgan fingerprint density at radius 3 is 2.79 bits per heavy atom. The molecule has 3 N–H and O–H groups in total. The van der Waals surface area contributed by atoms with Crippen LogP contribution in [0.15, 0.2) is 30.5 Å². The molecule has 0 bridgehead atoms. The van der Waals surface area contributed by atoms with Crippen molar-refractivity contribution >= 4 is 19.5 Å². The first-order valence-electron chi connectivity index (χ1n) is 4.02. The van der Waals surface area contributed by atoms with Crippen molar-refractivity contribution in [2.75, 3.05) is 7.05 Å². The van der Waals surface area contributed by atoms with Crippen LogP contribution in [-0.4, -0.2) is 17.5 Å². The maximum Gasteiger partial charge on any atom is 0.194 e. The highest BCUT2D eigenvalue weighted by molar-refractivity contribution is 7.37. The zero-order valence-corrected chi connectivity index (χ0v) is 8.61. The Kier molecular flexibility index (Phi) is 3.36. The molecule has 0 aliphatic carbocycles. The third-order valence-electron chi connectivity index (χ3n) is 2.00. The molecular formula is C9H11N2O2P. The van der Waals surface area contributed by atoms with Crippen LogP contribution >= 0.6 is 8.46 Å². The number of nitrogens with two attached hydrogens (primary N) is 1. The van der Waals surface area contributed by atoms with Crippen molar-refractivity contribution in [3.8, 4) is 0 Å². The van der Waals surface area contributed by atoms with E-state index in [9.17, 15) is 4.57 Å². The standard InChI is InChI=1S/C9H9N2OP.H2O/c1-11-6-9(13-12)7-4-2-3-5-8(7)10-11;/h2-6,10H,1H3;1H2. The Labute approximate surface area is 83.7 Å². The third-order valence-corrected chi connectivity index (χ3v) is 2.56. The Balaban J connectivity index is 0.000000980. The van der Waals surface area contributed by atoms with E-state index in [0.717, 1.165) is 16.6 Å². The summed E-state index contributed by atoms with van der Waals surface area (Å²) in [5.41, 5.74) is 4.19. The Hall–Kier alpha value is -1.22. The summed E-state index contributed by atoms with van der Waals surface area (Å²) in [7, 11) is 2.01. The van der Waals surface area contributed by atoms with Gasteiger partial charge in [-0.1, -0.05) is 12.1 Å². The van der Waals surface area contributed by atoms with E-state index in [-0.39, 0.29) is 13.9 Å². The lowest BCUT2D eigenvalue weighted by Crippen LogP contribution is -2.87. The predicted molar refractivity (Wildman–Crippen MR) is 53.3 cm³/mol. The molecule has 0 spiro atoms. The number of fused-ring (bicyclic) bond motifs is 1. The van der Waals surface area contributed by atoms with Gasteiger partial charge in [0.05, 0.1) is 24.1 Å². The van der Waals surface area contributed by atoms with Crippen LogP contribution < -0.4 is 5.43 Å². The molecule has 0 saturated carbocycles. The molecule has 1 aliphatic rings. The molecule has 4 nitrogen and oxygen atoms in total. The van der Waals surface area contributed by atoms with Crippen molar-refractivity contribution in [3.63, 3.8) is 0 Å². The van der Waals surface area contributed by atoms with Crippen molar-refractivity contribution < 1.29 is 15.5 Å². The van der Waals surface area contributed by atoms with Crippen LogP contribution in [0.2, 0.25) is 0 Å². The highest BCUT2D eigenvalue weighted by atomic mass is 31.1. The van der Waals surface area contributed by atoms with Gasteiger partial charge in [0.15, 0.2) is 14.1 Å². The van der Waals surface area contributed by atoms with Gasteiger partial charge in [-0.05, 0) is 6.07 Å². The smallest absolute Gasteiger partial charge is 0.194 e. The lowest BCUT2D eigenvalue weighted by Gasteiger charge is -2.19.